The molecule has 0 spiro atoms. The van der Waals surface area contributed by atoms with Crippen LogP contribution in [-0.4, -0.2) is 21.7 Å². The van der Waals surface area contributed by atoms with Gasteiger partial charge in [-0.05, 0) is 33.6 Å². The van der Waals surface area contributed by atoms with Gasteiger partial charge in [0.05, 0.1) is 6.20 Å². The minimum atomic E-state index is -0.621. The summed E-state index contributed by atoms with van der Waals surface area (Å²) >= 11 is 0. The Labute approximate surface area is 111 Å². The highest BCUT2D eigenvalue weighted by atomic mass is 16.6. The minimum absolute atomic E-state index is 0.216. The van der Waals surface area contributed by atoms with E-state index in [4.69, 9.17) is 10.00 Å². The molecule has 1 saturated carbocycles. The van der Waals surface area contributed by atoms with Crippen molar-refractivity contribution in [2.45, 2.75) is 45.1 Å². The van der Waals surface area contributed by atoms with Crippen LogP contribution in [0.4, 0.5) is 10.6 Å². The first-order valence-electron chi connectivity index (χ1n) is 6.16. The molecule has 0 radical (unpaired) electrons. The number of aromatic nitrogens is 2. The van der Waals surface area contributed by atoms with Crippen LogP contribution in [0.5, 0.6) is 0 Å². The van der Waals surface area contributed by atoms with Gasteiger partial charge in [0, 0.05) is 5.92 Å². The van der Waals surface area contributed by atoms with Crippen molar-refractivity contribution in [2.24, 2.45) is 0 Å². The average Bonchev–Trinajstić information content (AvgIpc) is 3.10. The highest BCUT2D eigenvalue weighted by molar-refractivity contribution is 5.85. The summed E-state index contributed by atoms with van der Waals surface area (Å²) in [6.07, 6.45) is 2.92. The third-order valence-electron chi connectivity index (χ3n) is 2.49. The lowest BCUT2D eigenvalue weighted by Crippen LogP contribution is -2.28. The lowest BCUT2D eigenvalue weighted by Gasteiger charge is -2.19. The molecule has 1 N–H and O–H groups in total. The molecule has 1 amide bonds. The van der Waals surface area contributed by atoms with E-state index in [-0.39, 0.29) is 11.4 Å². The summed E-state index contributed by atoms with van der Waals surface area (Å²) in [6, 6.07) is 1.96. The van der Waals surface area contributed by atoms with Crippen LogP contribution in [-0.2, 0) is 4.74 Å². The first-order valence-corrected chi connectivity index (χ1v) is 6.16. The standard InChI is InChI=1S/C13H16N4O2/c1-13(2,3)19-12(18)17-11-9(6-14)7-15-10(16-11)8-4-5-8/h7-8H,4-5H2,1-3H3,(H,15,16,17,18). The Morgan fingerprint density at radius 3 is 2.74 bits per heavy atom. The van der Waals surface area contributed by atoms with Gasteiger partial charge in [-0.1, -0.05) is 0 Å². The molecule has 1 fully saturated rings. The molecule has 6 nitrogen and oxygen atoms in total. The molecule has 1 aliphatic rings. The van der Waals surface area contributed by atoms with Crippen LogP contribution >= 0.6 is 0 Å². The quantitative estimate of drug-likeness (QED) is 0.882. The summed E-state index contributed by atoms with van der Waals surface area (Å²) in [6.45, 7) is 5.31. The second-order valence-corrected chi connectivity index (χ2v) is 5.50. The SMILES string of the molecule is CC(C)(C)OC(=O)Nc1nc(C2CC2)ncc1C#N. The number of carbonyl (C=O) groups is 1. The third kappa shape index (κ3) is 3.65. The maximum atomic E-state index is 11.7. The fourth-order valence-electron chi connectivity index (χ4n) is 1.51. The first-order chi connectivity index (χ1) is 8.89. The number of nitrogens with one attached hydrogen (secondary N) is 1. The molecular weight excluding hydrogens is 244 g/mol. The highest BCUT2D eigenvalue weighted by Gasteiger charge is 2.27. The van der Waals surface area contributed by atoms with Crippen LogP contribution < -0.4 is 5.32 Å². The Bertz CT molecular complexity index is 539. The summed E-state index contributed by atoms with van der Waals surface area (Å²) in [5.74, 6) is 1.24. The van der Waals surface area contributed by atoms with Crippen molar-refractivity contribution in [2.75, 3.05) is 5.32 Å². The summed E-state index contributed by atoms with van der Waals surface area (Å²) < 4.78 is 5.14. The number of carbonyl (C=O) groups excluding carboxylic acids is 1. The molecular formula is C13H16N4O2. The van der Waals surface area contributed by atoms with Gasteiger partial charge in [0.2, 0.25) is 0 Å². The molecule has 0 bridgehead atoms. The van der Waals surface area contributed by atoms with E-state index in [2.05, 4.69) is 15.3 Å². The topological polar surface area (TPSA) is 87.9 Å². The monoisotopic (exact) mass is 260 g/mol. The highest BCUT2D eigenvalue weighted by Crippen LogP contribution is 2.38. The zero-order valence-corrected chi connectivity index (χ0v) is 11.2. The predicted molar refractivity (Wildman–Crippen MR) is 68.6 cm³/mol. The number of nitrogens with zero attached hydrogens (tertiary/aromatic N) is 3. The second-order valence-electron chi connectivity index (χ2n) is 5.50. The number of anilines is 1. The Kier molecular flexibility index (Phi) is 3.38. The van der Waals surface area contributed by atoms with Crippen molar-refractivity contribution in [1.82, 2.24) is 9.97 Å². The Morgan fingerprint density at radius 1 is 1.53 bits per heavy atom. The molecule has 1 aromatic rings. The van der Waals surface area contributed by atoms with Crippen molar-refractivity contribution in [1.29, 1.82) is 5.26 Å². The van der Waals surface area contributed by atoms with Crippen LogP contribution in [0.3, 0.4) is 0 Å². The van der Waals surface area contributed by atoms with Crippen LogP contribution in [0.25, 0.3) is 0 Å². The summed E-state index contributed by atoms with van der Waals surface area (Å²) in [5.41, 5.74) is -0.362. The van der Waals surface area contributed by atoms with Gasteiger partial charge < -0.3 is 4.74 Å². The number of ether oxygens (including phenoxy) is 1. The van der Waals surface area contributed by atoms with Gasteiger partial charge in [-0.15, -0.1) is 0 Å². The van der Waals surface area contributed by atoms with Gasteiger partial charge in [-0.3, -0.25) is 5.32 Å². The lowest BCUT2D eigenvalue weighted by atomic mass is 10.2. The molecule has 100 valence electrons. The Morgan fingerprint density at radius 2 is 2.21 bits per heavy atom. The van der Waals surface area contributed by atoms with Crippen molar-refractivity contribution < 1.29 is 9.53 Å². The lowest BCUT2D eigenvalue weighted by molar-refractivity contribution is 0.0635. The maximum Gasteiger partial charge on any atom is 0.413 e. The summed E-state index contributed by atoms with van der Waals surface area (Å²) in [7, 11) is 0. The Balaban J connectivity index is 2.16. The molecule has 6 heteroatoms. The van der Waals surface area contributed by atoms with Crippen LogP contribution in [0.2, 0.25) is 0 Å². The second kappa shape index (κ2) is 4.84. The maximum absolute atomic E-state index is 11.7. The molecule has 0 saturated heterocycles. The van der Waals surface area contributed by atoms with Crippen molar-refractivity contribution in [3.8, 4) is 6.07 Å². The molecule has 2 rings (SSSR count). The zero-order chi connectivity index (χ0) is 14.0. The largest absolute Gasteiger partial charge is 0.444 e. The molecule has 0 unspecified atom stereocenters. The number of hydrogen-bond acceptors (Lipinski definition) is 5. The third-order valence-corrected chi connectivity index (χ3v) is 2.49. The van der Waals surface area contributed by atoms with E-state index >= 15 is 0 Å². The molecule has 0 atom stereocenters. The Hall–Kier alpha value is -2.16. The van der Waals surface area contributed by atoms with E-state index in [0.717, 1.165) is 12.8 Å². The normalized spacial score (nSPS) is 14.6. The van der Waals surface area contributed by atoms with Crippen molar-refractivity contribution in [3.05, 3.63) is 17.6 Å². The predicted octanol–water partition coefficient (Wildman–Crippen LogP) is 2.57. The number of hydrogen-bond donors (Lipinski definition) is 1. The van der Waals surface area contributed by atoms with Crippen LogP contribution in [0.1, 0.15) is 50.9 Å². The smallest absolute Gasteiger partial charge is 0.413 e. The van der Waals surface area contributed by atoms with Gasteiger partial charge in [-0.25, -0.2) is 14.8 Å². The molecule has 1 heterocycles. The van der Waals surface area contributed by atoms with E-state index in [1.807, 2.05) is 6.07 Å². The summed E-state index contributed by atoms with van der Waals surface area (Å²) in [5, 5.41) is 11.5. The van der Waals surface area contributed by atoms with Gasteiger partial charge in [0.15, 0.2) is 5.82 Å². The fourth-order valence-corrected chi connectivity index (χ4v) is 1.51. The molecule has 0 aliphatic heterocycles. The molecule has 1 aromatic heterocycles. The van der Waals surface area contributed by atoms with E-state index in [0.29, 0.717) is 11.7 Å². The number of rotatable bonds is 2. The number of nitriles is 1. The van der Waals surface area contributed by atoms with E-state index in [1.165, 1.54) is 6.20 Å². The number of amides is 1. The van der Waals surface area contributed by atoms with Gasteiger partial charge in [0.1, 0.15) is 23.1 Å². The van der Waals surface area contributed by atoms with Crippen molar-refractivity contribution in [3.63, 3.8) is 0 Å². The van der Waals surface area contributed by atoms with Gasteiger partial charge >= 0.3 is 6.09 Å². The van der Waals surface area contributed by atoms with E-state index in [9.17, 15) is 4.79 Å². The van der Waals surface area contributed by atoms with Crippen LogP contribution in [0, 0.1) is 11.3 Å². The molecule has 19 heavy (non-hydrogen) atoms. The average molecular weight is 260 g/mol. The first kappa shape index (κ1) is 13.3. The fraction of sp³-hybridized carbons (Fsp3) is 0.538. The van der Waals surface area contributed by atoms with E-state index in [1.54, 1.807) is 20.8 Å². The van der Waals surface area contributed by atoms with Gasteiger partial charge in [0.25, 0.3) is 0 Å². The van der Waals surface area contributed by atoms with E-state index < -0.39 is 11.7 Å². The summed E-state index contributed by atoms with van der Waals surface area (Å²) in [4.78, 5) is 20.0. The minimum Gasteiger partial charge on any atom is -0.444 e. The molecule has 1 aliphatic carbocycles. The zero-order valence-electron chi connectivity index (χ0n) is 11.2. The van der Waals surface area contributed by atoms with Crippen LogP contribution in [0.15, 0.2) is 6.20 Å². The van der Waals surface area contributed by atoms with Gasteiger partial charge in [-0.2, -0.15) is 5.26 Å². The molecule has 0 aromatic carbocycles. The van der Waals surface area contributed by atoms with Crippen molar-refractivity contribution >= 4 is 11.9 Å².